The highest BCUT2D eigenvalue weighted by Crippen LogP contribution is 2.37. The topological polar surface area (TPSA) is 185 Å². The van der Waals surface area contributed by atoms with E-state index >= 15 is 0 Å². The van der Waals surface area contributed by atoms with Crippen LogP contribution >= 0.6 is 0 Å². The molecule has 4 heterocycles. The Kier molecular flexibility index (Phi) is 7.27. The second-order valence-corrected chi connectivity index (χ2v) is 10.7. The number of sulfonamides is 1. The van der Waals surface area contributed by atoms with Crippen LogP contribution in [0.15, 0.2) is 43.1 Å². The molecule has 40 heavy (non-hydrogen) atoms. The molecule has 4 aromatic heterocycles. The van der Waals surface area contributed by atoms with Crippen molar-refractivity contribution in [1.29, 1.82) is 0 Å². The van der Waals surface area contributed by atoms with E-state index in [1.165, 1.54) is 39.1 Å². The third-order valence-corrected chi connectivity index (χ3v) is 7.90. The Bertz CT molecular complexity index is 1730. The molecule has 0 amide bonds. The van der Waals surface area contributed by atoms with Gasteiger partial charge in [-0.3, -0.25) is 14.4 Å². The number of H-pyrrole nitrogens is 1. The van der Waals surface area contributed by atoms with Crippen LogP contribution in [0.1, 0.15) is 24.4 Å². The maximum Gasteiger partial charge on any atom is 0.245 e. The highest BCUT2D eigenvalue weighted by atomic mass is 32.2. The number of hydrogen-bond donors (Lipinski definition) is 2. The minimum Gasteiger partial charge on any atom is -0.479 e. The fraction of sp³-hybridized carbons (Fsp3) is 0.292. The first-order valence-corrected chi connectivity index (χ1v) is 13.5. The lowest BCUT2D eigenvalue weighted by molar-refractivity contribution is 0.0949. The molecule has 16 heteroatoms. The van der Waals surface area contributed by atoms with Gasteiger partial charge in [0.25, 0.3) is 0 Å². The number of aromatic amines is 1. The number of nitrogens with zero attached hydrogens (tertiary/aromatic N) is 8. The van der Waals surface area contributed by atoms with E-state index in [0.29, 0.717) is 11.1 Å². The zero-order valence-corrected chi connectivity index (χ0v) is 23.0. The maximum atomic E-state index is 13.7. The standard InChI is InChI=1S/C24H26N10O5S/c1-13-9-25-20(26-10-13)19(37-3)14(2)40(35,36)33-24-32-31-21(16-8-6-7-15-11-29-30-17(15)16)34(24)18-22(38-4)27-12-28-23(18)39-5/h6-12,14,19H,1-5H3,(H,29,30)(H,32,33)/t14-,19-/m0/s1. The van der Waals surface area contributed by atoms with Crippen LogP contribution in [0.3, 0.4) is 0 Å². The predicted molar refractivity (Wildman–Crippen MR) is 144 cm³/mol. The lowest BCUT2D eigenvalue weighted by Crippen LogP contribution is -2.33. The summed E-state index contributed by atoms with van der Waals surface area (Å²) >= 11 is 0. The van der Waals surface area contributed by atoms with Crippen molar-refractivity contribution < 1.29 is 22.6 Å². The first kappa shape index (κ1) is 26.9. The lowest BCUT2D eigenvalue weighted by atomic mass is 10.1. The number of fused-ring (bicyclic) bond motifs is 1. The summed E-state index contributed by atoms with van der Waals surface area (Å²) in [5, 5.41) is 15.3. The maximum absolute atomic E-state index is 13.7. The number of hydrogen-bond acceptors (Lipinski definition) is 12. The van der Waals surface area contributed by atoms with Crippen molar-refractivity contribution in [1.82, 2.24) is 44.9 Å². The van der Waals surface area contributed by atoms with E-state index in [4.69, 9.17) is 14.2 Å². The van der Waals surface area contributed by atoms with Gasteiger partial charge in [0, 0.05) is 30.5 Å². The third-order valence-electron chi connectivity index (χ3n) is 6.20. The summed E-state index contributed by atoms with van der Waals surface area (Å²) in [7, 11) is 0.0539. The lowest BCUT2D eigenvalue weighted by Gasteiger charge is -2.22. The Morgan fingerprint density at radius 2 is 1.68 bits per heavy atom. The van der Waals surface area contributed by atoms with E-state index in [2.05, 4.69) is 45.1 Å². The fourth-order valence-electron chi connectivity index (χ4n) is 4.17. The van der Waals surface area contributed by atoms with Gasteiger partial charge in [-0.1, -0.05) is 12.1 Å². The van der Waals surface area contributed by atoms with E-state index in [-0.39, 0.29) is 35.0 Å². The zero-order chi connectivity index (χ0) is 28.4. The van der Waals surface area contributed by atoms with Gasteiger partial charge < -0.3 is 14.2 Å². The van der Waals surface area contributed by atoms with E-state index < -0.39 is 21.4 Å². The third kappa shape index (κ3) is 4.77. The van der Waals surface area contributed by atoms with Gasteiger partial charge >= 0.3 is 0 Å². The van der Waals surface area contributed by atoms with Crippen molar-refractivity contribution in [3.8, 4) is 28.8 Å². The second kappa shape index (κ2) is 10.8. The Morgan fingerprint density at radius 3 is 2.33 bits per heavy atom. The second-order valence-electron chi connectivity index (χ2n) is 8.69. The number of nitrogens with one attached hydrogen (secondary N) is 2. The minimum atomic E-state index is -4.17. The molecular formula is C24H26N10O5S. The Morgan fingerprint density at radius 1 is 0.975 bits per heavy atom. The molecule has 5 rings (SSSR count). The minimum absolute atomic E-state index is 0.0982. The molecule has 208 valence electrons. The molecule has 2 atom stereocenters. The van der Waals surface area contributed by atoms with Crippen molar-refractivity contribution in [2.45, 2.75) is 25.2 Å². The Labute approximate surface area is 229 Å². The van der Waals surface area contributed by atoms with E-state index in [1.54, 1.807) is 24.7 Å². The van der Waals surface area contributed by atoms with Gasteiger partial charge in [0.05, 0.1) is 25.9 Å². The molecule has 0 fully saturated rings. The average Bonchev–Trinajstić information content (AvgIpc) is 3.60. The van der Waals surface area contributed by atoms with Crippen LogP contribution in [0.4, 0.5) is 5.95 Å². The predicted octanol–water partition coefficient (Wildman–Crippen LogP) is 2.23. The number of ether oxygens (including phenoxy) is 3. The molecule has 0 aliphatic heterocycles. The molecule has 0 saturated carbocycles. The van der Waals surface area contributed by atoms with Crippen molar-refractivity contribution in [3.63, 3.8) is 0 Å². The number of aryl methyl sites for hydroxylation is 1. The number of anilines is 1. The molecule has 0 bridgehead atoms. The van der Waals surface area contributed by atoms with Gasteiger partial charge in [0.2, 0.25) is 27.7 Å². The molecule has 0 radical (unpaired) electrons. The Balaban J connectivity index is 1.66. The molecule has 15 nitrogen and oxygen atoms in total. The summed E-state index contributed by atoms with van der Waals surface area (Å²) in [4.78, 5) is 16.9. The van der Waals surface area contributed by atoms with Crippen LogP contribution in [0.25, 0.3) is 28.0 Å². The first-order valence-electron chi connectivity index (χ1n) is 11.9. The van der Waals surface area contributed by atoms with Crippen molar-refractivity contribution >= 4 is 26.9 Å². The van der Waals surface area contributed by atoms with Gasteiger partial charge in [-0.2, -0.15) is 15.1 Å². The molecule has 1 aromatic carbocycles. The molecule has 0 aliphatic carbocycles. The Hall–Kier alpha value is -4.70. The van der Waals surface area contributed by atoms with E-state index in [1.807, 2.05) is 19.1 Å². The van der Waals surface area contributed by atoms with Crippen LogP contribution in [0.5, 0.6) is 11.8 Å². The number of aromatic nitrogens is 9. The molecule has 0 spiro atoms. The summed E-state index contributed by atoms with van der Waals surface area (Å²) in [5.41, 5.74) is 2.24. The van der Waals surface area contributed by atoms with Crippen LogP contribution in [0, 0.1) is 6.92 Å². The zero-order valence-electron chi connectivity index (χ0n) is 22.2. The summed E-state index contributed by atoms with van der Waals surface area (Å²) in [5.74, 6) is 0.502. The van der Waals surface area contributed by atoms with Gasteiger partial charge in [-0.15, -0.1) is 10.2 Å². The van der Waals surface area contributed by atoms with Crippen molar-refractivity contribution in [2.24, 2.45) is 0 Å². The fourth-order valence-corrected chi connectivity index (χ4v) is 5.30. The number of para-hydroxylation sites is 1. The highest BCUT2D eigenvalue weighted by Gasteiger charge is 2.35. The smallest absolute Gasteiger partial charge is 0.245 e. The number of methoxy groups -OCH3 is 3. The van der Waals surface area contributed by atoms with Crippen LogP contribution in [0.2, 0.25) is 0 Å². The summed E-state index contributed by atoms with van der Waals surface area (Å²) in [6, 6.07) is 5.48. The molecule has 0 unspecified atom stereocenters. The average molecular weight is 567 g/mol. The monoisotopic (exact) mass is 566 g/mol. The highest BCUT2D eigenvalue weighted by molar-refractivity contribution is 7.93. The van der Waals surface area contributed by atoms with Gasteiger partial charge in [0.1, 0.15) is 17.7 Å². The van der Waals surface area contributed by atoms with Gasteiger partial charge in [-0.05, 0) is 25.5 Å². The molecule has 2 N–H and O–H groups in total. The van der Waals surface area contributed by atoms with Crippen molar-refractivity contribution in [3.05, 3.63) is 54.5 Å². The normalized spacial score (nSPS) is 13.2. The number of rotatable bonds is 10. The van der Waals surface area contributed by atoms with Crippen LogP contribution in [-0.4, -0.2) is 79.9 Å². The molecule has 5 aromatic rings. The molecule has 0 saturated heterocycles. The van der Waals surface area contributed by atoms with Gasteiger partial charge in [0.15, 0.2) is 17.3 Å². The summed E-state index contributed by atoms with van der Waals surface area (Å²) in [6.07, 6.45) is 5.13. The molecular weight excluding hydrogens is 540 g/mol. The summed E-state index contributed by atoms with van der Waals surface area (Å²) in [6.45, 7) is 3.32. The quantitative estimate of drug-likeness (QED) is 0.251. The van der Waals surface area contributed by atoms with Crippen LogP contribution in [-0.2, 0) is 14.8 Å². The largest absolute Gasteiger partial charge is 0.479 e. The molecule has 0 aliphatic rings. The van der Waals surface area contributed by atoms with Crippen LogP contribution < -0.4 is 14.2 Å². The van der Waals surface area contributed by atoms with E-state index in [9.17, 15) is 8.42 Å². The van der Waals surface area contributed by atoms with E-state index in [0.717, 1.165) is 10.9 Å². The van der Waals surface area contributed by atoms with Crippen molar-refractivity contribution in [2.75, 3.05) is 26.1 Å². The summed E-state index contributed by atoms with van der Waals surface area (Å²) < 4.78 is 47.9. The first-order chi connectivity index (χ1) is 19.3. The number of benzene rings is 1. The SMILES string of the molecule is COc1ncnc(OC)c1-n1c(NS(=O)(=O)[C@@H](C)[C@H](OC)c2ncc(C)cn2)nnc1-c1cccc2cn[nH]c12. The van der Waals surface area contributed by atoms with Gasteiger partial charge in [-0.25, -0.2) is 18.4 Å².